The van der Waals surface area contributed by atoms with Crippen molar-refractivity contribution in [3.63, 3.8) is 0 Å². The van der Waals surface area contributed by atoms with Gasteiger partial charge in [0.2, 0.25) is 0 Å². The molecule has 0 saturated heterocycles. The van der Waals surface area contributed by atoms with Gasteiger partial charge in [-0.3, -0.25) is 0 Å². The molecule has 2 unspecified atom stereocenters. The normalized spacial score (nSPS) is 13.0. The first kappa shape index (κ1) is 15.8. The van der Waals surface area contributed by atoms with Crippen LogP contribution in [0.1, 0.15) is 5.56 Å². The average molecular weight is 298 g/mol. The molecule has 22 heavy (non-hydrogen) atoms. The molecule has 0 aliphatic rings. The van der Waals surface area contributed by atoms with Gasteiger partial charge in [0.05, 0.1) is 0 Å². The van der Waals surface area contributed by atoms with Gasteiger partial charge >= 0.3 is 5.97 Å². The van der Waals surface area contributed by atoms with E-state index in [4.69, 9.17) is 9.47 Å². The Morgan fingerprint density at radius 2 is 1.68 bits per heavy atom. The Kier molecular flexibility index (Phi) is 5.74. The summed E-state index contributed by atoms with van der Waals surface area (Å²) in [6.45, 7) is 3.35. The lowest BCUT2D eigenvalue weighted by atomic mass is 10.1. The average Bonchev–Trinajstić information content (AvgIpc) is 2.56. The first-order valence-electron chi connectivity index (χ1n) is 6.96. The van der Waals surface area contributed by atoms with E-state index in [1.165, 1.54) is 0 Å². The van der Waals surface area contributed by atoms with Crippen molar-refractivity contribution in [2.45, 2.75) is 18.8 Å². The van der Waals surface area contributed by atoms with E-state index < -0.39 is 18.4 Å². The van der Waals surface area contributed by atoms with Gasteiger partial charge in [0.25, 0.3) is 6.29 Å². The summed E-state index contributed by atoms with van der Waals surface area (Å²) in [4.78, 5) is 11.4. The number of hydrogen-bond acceptors (Lipinski definition) is 4. The van der Waals surface area contributed by atoms with Crippen LogP contribution in [-0.2, 0) is 16.0 Å². The van der Waals surface area contributed by atoms with Gasteiger partial charge in [0.15, 0.2) is 0 Å². The molecular formula is C18H18O4. The molecule has 2 aromatic rings. The zero-order chi connectivity index (χ0) is 15.8. The zero-order valence-electron chi connectivity index (χ0n) is 12.1. The maximum Gasteiger partial charge on any atom is 0.333 e. The van der Waals surface area contributed by atoms with Crippen molar-refractivity contribution in [2.24, 2.45) is 0 Å². The number of rotatable bonds is 7. The Labute approximate surface area is 129 Å². The predicted molar refractivity (Wildman–Crippen MR) is 83.3 cm³/mol. The number of carbonyl (C=O) groups excluding carboxylic acids is 1. The number of carbonyl (C=O) groups is 1. The first-order valence-corrected chi connectivity index (χ1v) is 6.96. The van der Waals surface area contributed by atoms with Crippen LogP contribution in [0.3, 0.4) is 0 Å². The quantitative estimate of drug-likeness (QED) is 0.485. The molecule has 2 atom stereocenters. The highest BCUT2D eigenvalue weighted by Gasteiger charge is 2.25. The highest BCUT2D eigenvalue weighted by molar-refractivity contribution is 5.81. The second-order valence-corrected chi connectivity index (χ2v) is 4.70. The van der Waals surface area contributed by atoms with Gasteiger partial charge in [0, 0.05) is 12.5 Å². The predicted octanol–water partition coefficient (Wildman–Crippen LogP) is 2.72. The summed E-state index contributed by atoms with van der Waals surface area (Å²) >= 11 is 0. The molecule has 0 saturated carbocycles. The third-order valence-corrected chi connectivity index (χ3v) is 3.00. The number of esters is 1. The molecule has 114 valence electrons. The number of aliphatic hydroxyl groups excluding tert-OH is 1. The molecule has 0 fully saturated rings. The lowest BCUT2D eigenvalue weighted by Crippen LogP contribution is -2.37. The van der Waals surface area contributed by atoms with Gasteiger partial charge in [-0.25, -0.2) is 4.79 Å². The summed E-state index contributed by atoms with van der Waals surface area (Å²) in [5.41, 5.74) is 0.923. The lowest BCUT2D eigenvalue weighted by molar-refractivity contribution is -0.173. The SMILES string of the molecule is C=CC(=O)OC(Oc1ccccc1)C(O)Cc1ccccc1. The van der Waals surface area contributed by atoms with Crippen LogP contribution in [0.5, 0.6) is 5.75 Å². The molecule has 4 heteroatoms. The molecule has 0 spiro atoms. The van der Waals surface area contributed by atoms with Gasteiger partial charge in [-0.05, 0) is 17.7 Å². The standard InChI is InChI=1S/C18H18O4/c1-2-17(20)22-18(21-15-11-7-4-8-12-15)16(19)13-14-9-5-3-6-10-14/h2-12,16,18-19H,1,13H2. The van der Waals surface area contributed by atoms with E-state index >= 15 is 0 Å². The maximum atomic E-state index is 11.4. The Morgan fingerprint density at radius 3 is 2.27 bits per heavy atom. The summed E-state index contributed by atoms with van der Waals surface area (Å²) in [6, 6.07) is 18.3. The first-order chi connectivity index (χ1) is 10.7. The van der Waals surface area contributed by atoms with E-state index in [0.29, 0.717) is 12.2 Å². The van der Waals surface area contributed by atoms with Crippen LogP contribution >= 0.6 is 0 Å². The lowest BCUT2D eigenvalue weighted by Gasteiger charge is -2.23. The van der Waals surface area contributed by atoms with Crippen LogP contribution in [0.2, 0.25) is 0 Å². The van der Waals surface area contributed by atoms with E-state index in [0.717, 1.165) is 11.6 Å². The Hall–Kier alpha value is -2.59. The molecule has 0 radical (unpaired) electrons. The van der Waals surface area contributed by atoms with Crippen molar-refractivity contribution in [3.05, 3.63) is 78.9 Å². The number of para-hydroxylation sites is 1. The minimum atomic E-state index is -1.10. The molecule has 0 aromatic heterocycles. The van der Waals surface area contributed by atoms with Gasteiger partial charge in [-0.15, -0.1) is 0 Å². The van der Waals surface area contributed by atoms with Crippen molar-refractivity contribution in [1.29, 1.82) is 0 Å². The molecule has 2 rings (SSSR count). The number of ether oxygens (including phenoxy) is 2. The number of benzene rings is 2. The van der Waals surface area contributed by atoms with E-state index in [9.17, 15) is 9.90 Å². The summed E-state index contributed by atoms with van der Waals surface area (Å²) in [7, 11) is 0. The minimum Gasteiger partial charge on any atom is -0.452 e. The summed E-state index contributed by atoms with van der Waals surface area (Å²) in [5.74, 6) is -0.135. The van der Waals surface area contributed by atoms with Crippen molar-refractivity contribution in [1.82, 2.24) is 0 Å². The topological polar surface area (TPSA) is 55.8 Å². The van der Waals surface area contributed by atoms with E-state index in [-0.39, 0.29) is 0 Å². The van der Waals surface area contributed by atoms with E-state index in [1.54, 1.807) is 24.3 Å². The molecule has 0 bridgehead atoms. The highest BCUT2D eigenvalue weighted by Crippen LogP contribution is 2.16. The maximum absolute atomic E-state index is 11.4. The van der Waals surface area contributed by atoms with Crippen molar-refractivity contribution >= 4 is 5.97 Å². The van der Waals surface area contributed by atoms with Gasteiger partial charge in [0.1, 0.15) is 11.9 Å². The molecule has 0 heterocycles. The molecule has 0 aliphatic carbocycles. The van der Waals surface area contributed by atoms with Crippen molar-refractivity contribution in [2.75, 3.05) is 0 Å². The fraction of sp³-hybridized carbons (Fsp3) is 0.167. The summed E-state index contributed by atoms with van der Waals surface area (Å²) in [6.07, 6.45) is -0.751. The molecular weight excluding hydrogens is 280 g/mol. The van der Waals surface area contributed by atoms with Crippen molar-refractivity contribution < 1.29 is 19.4 Å². The fourth-order valence-corrected chi connectivity index (χ4v) is 1.93. The fourth-order valence-electron chi connectivity index (χ4n) is 1.93. The molecule has 0 amide bonds. The summed E-state index contributed by atoms with van der Waals surface area (Å²) in [5, 5.41) is 10.3. The third kappa shape index (κ3) is 4.75. The van der Waals surface area contributed by atoms with Crippen LogP contribution in [0.15, 0.2) is 73.3 Å². The largest absolute Gasteiger partial charge is 0.452 e. The Bertz CT molecular complexity index is 595. The van der Waals surface area contributed by atoms with Crippen LogP contribution in [-0.4, -0.2) is 23.5 Å². The third-order valence-electron chi connectivity index (χ3n) is 3.00. The Morgan fingerprint density at radius 1 is 1.09 bits per heavy atom. The van der Waals surface area contributed by atoms with Crippen LogP contribution in [0.25, 0.3) is 0 Å². The molecule has 4 nitrogen and oxygen atoms in total. The smallest absolute Gasteiger partial charge is 0.333 e. The summed E-state index contributed by atoms with van der Waals surface area (Å²) < 4.78 is 10.7. The van der Waals surface area contributed by atoms with Gasteiger partial charge < -0.3 is 14.6 Å². The second-order valence-electron chi connectivity index (χ2n) is 4.70. The van der Waals surface area contributed by atoms with Gasteiger partial charge in [-0.1, -0.05) is 55.1 Å². The Balaban J connectivity index is 2.08. The monoisotopic (exact) mass is 298 g/mol. The van der Waals surface area contributed by atoms with Crippen LogP contribution < -0.4 is 4.74 Å². The van der Waals surface area contributed by atoms with Gasteiger partial charge in [-0.2, -0.15) is 0 Å². The molecule has 1 N–H and O–H groups in total. The van der Waals surface area contributed by atoms with Crippen LogP contribution in [0, 0.1) is 0 Å². The number of aliphatic hydroxyl groups is 1. The molecule has 0 aliphatic heterocycles. The number of hydrogen-bond donors (Lipinski definition) is 1. The van der Waals surface area contributed by atoms with E-state index in [2.05, 4.69) is 6.58 Å². The highest BCUT2D eigenvalue weighted by atomic mass is 16.7. The minimum absolute atomic E-state index is 0.308. The molecule has 2 aromatic carbocycles. The van der Waals surface area contributed by atoms with Crippen LogP contribution in [0.4, 0.5) is 0 Å². The van der Waals surface area contributed by atoms with Crippen molar-refractivity contribution in [3.8, 4) is 5.75 Å². The zero-order valence-corrected chi connectivity index (χ0v) is 12.1. The van der Waals surface area contributed by atoms with E-state index in [1.807, 2.05) is 36.4 Å². The second kappa shape index (κ2) is 8.00.